The molecule has 1 aromatic rings. The molecule has 0 radical (unpaired) electrons. The molecule has 0 spiro atoms. The smallest absolute Gasteiger partial charge is 0.262 e. The fourth-order valence-electron chi connectivity index (χ4n) is 1.30. The molecule has 0 unspecified atom stereocenters. The summed E-state index contributed by atoms with van der Waals surface area (Å²) in [6, 6.07) is 1.84. The molecule has 0 saturated carbocycles. The molecule has 0 saturated heterocycles. The van der Waals surface area contributed by atoms with E-state index in [-0.39, 0.29) is 11.6 Å². The number of nitrogens with one attached hydrogen (secondary N) is 1. The number of carbonyl (C=O) groups excluding carboxylic acids is 1. The van der Waals surface area contributed by atoms with E-state index in [1.807, 2.05) is 19.9 Å². The van der Waals surface area contributed by atoms with Crippen molar-refractivity contribution in [1.82, 2.24) is 10.3 Å². The molecular formula is C12H15N3O2. The Kier molecular flexibility index (Phi) is 4.05. The Morgan fingerprint density at radius 1 is 1.53 bits per heavy atom. The highest BCUT2D eigenvalue weighted by molar-refractivity contribution is 6.01. The molecule has 0 aliphatic rings. The van der Waals surface area contributed by atoms with Gasteiger partial charge in [-0.3, -0.25) is 4.79 Å². The number of amides is 1. The van der Waals surface area contributed by atoms with E-state index in [1.165, 1.54) is 6.08 Å². The third-order valence-corrected chi connectivity index (χ3v) is 2.00. The van der Waals surface area contributed by atoms with Crippen molar-refractivity contribution in [1.29, 1.82) is 5.26 Å². The van der Waals surface area contributed by atoms with Gasteiger partial charge in [0.15, 0.2) is 11.7 Å². The van der Waals surface area contributed by atoms with Crippen LogP contribution in [0.3, 0.4) is 0 Å². The Morgan fingerprint density at radius 2 is 2.18 bits per heavy atom. The Labute approximate surface area is 100 Å². The van der Waals surface area contributed by atoms with Crippen molar-refractivity contribution in [2.24, 2.45) is 0 Å². The summed E-state index contributed by atoms with van der Waals surface area (Å²) in [6.45, 7) is 7.13. The predicted octanol–water partition coefficient (Wildman–Crippen LogP) is 1.72. The molecule has 5 heteroatoms. The van der Waals surface area contributed by atoms with Gasteiger partial charge in [-0.1, -0.05) is 0 Å². The van der Waals surface area contributed by atoms with Gasteiger partial charge in [-0.15, -0.1) is 0 Å². The fourth-order valence-corrected chi connectivity index (χ4v) is 1.30. The van der Waals surface area contributed by atoms with E-state index in [9.17, 15) is 4.79 Å². The van der Waals surface area contributed by atoms with Gasteiger partial charge in [-0.2, -0.15) is 5.26 Å². The van der Waals surface area contributed by atoms with E-state index in [4.69, 9.17) is 9.68 Å². The van der Waals surface area contributed by atoms with Crippen LogP contribution in [0.1, 0.15) is 31.2 Å². The van der Waals surface area contributed by atoms with E-state index in [0.717, 1.165) is 0 Å². The fraction of sp³-hybridized carbons (Fsp3) is 0.417. The monoisotopic (exact) mass is 233 g/mol. The van der Waals surface area contributed by atoms with Crippen LogP contribution in [0, 0.1) is 25.2 Å². The number of oxazole rings is 1. The van der Waals surface area contributed by atoms with E-state index in [2.05, 4.69) is 10.3 Å². The van der Waals surface area contributed by atoms with Crippen LogP contribution < -0.4 is 5.32 Å². The zero-order valence-electron chi connectivity index (χ0n) is 10.4. The first-order valence-corrected chi connectivity index (χ1v) is 5.30. The van der Waals surface area contributed by atoms with Crippen LogP contribution in [-0.2, 0) is 4.79 Å². The third-order valence-electron chi connectivity index (χ3n) is 2.00. The first-order valence-electron chi connectivity index (χ1n) is 5.30. The minimum absolute atomic E-state index is 0.0120. The maximum Gasteiger partial charge on any atom is 0.262 e. The summed E-state index contributed by atoms with van der Waals surface area (Å²) in [6.07, 6.45) is 1.41. The molecule has 5 nitrogen and oxygen atoms in total. The van der Waals surface area contributed by atoms with Crippen molar-refractivity contribution in [3.05, 3.63) is 22.9 Å². The number of aromatic nitrogens is 1. The highest BCUT2D eigenvalue weighted by atomic mass is 16.4. The maximum absolute atomic E-state index is 11.6. The van der Waals surface area contributed by atoms with Crippen molar-refractivity contribution in [3.8, 4) is 6.07 Å². The van der Waals surface area contributed by atoms with E-state index >= 15 is 0 Å². The van der Waals surface area contributed by atoms with Gasteiger partial charge in [0.25, 0.3) is 5.91 Å². The molecule has 1 N–H and O–H groups in total. The molecule has 1 aromatic heterocycles. The first kappa shape index (κ1) is 13.0. The Balaban J connectivity index is 2.99. The molecule has 0 aromatic carbocycles. The lowest BCUT2D eigenvalue weighted by Gasteiger charge is -2.06. The van der Waals surface area contributed by atoms with Gasteiger partial charge in [0, 0.05) is 19.0 Å². The number of hydrogen-bond donors (Lipinski definition) is 1. The molecule has 0 atom stereocenters. The van der Waals surface area contributed by atoms with Gasteiger partial charge >= 0.3 is 0 Å². The van der Waals surface area contributed by atoms with Crippen LogP contribution in [0.4, 0.5) is 0 Å². The van der Waals surface area contributed by atoms with Gasteiger partial charge in [0.1, 0.15) is 11.6 Å². The molecule has 0 bridgehead atoms. The summed E-state index contributed by atoms with van der Waals surface area (Å²) in [7, 11) is 0. The lowest BCUT2D eigenvalue weighted by Crippen LogP contribution is -2.30. The molecule has 0 fully saturated rings. The van der Waals surface area contributed by atoms with Crippen LogP contribution in [-0.4, -0.2) is 16.9 Å². The summed E-state index contributed by atoms with van der Waals surface area (Å²) in [5.74, 6) is 0.546. The Morgan fingerprint density at radius 3 is 2.59 bits per heavy atom. The number of nitriles is 1. The summed E-state index contributed by atoms with van der Waals surface area (Å²) >= 11 is 0. The highest BCUT2D eigenvalue weighted by Crippen LogP contribution is 2.13. The van der Waals surface area contributed by atoms with E-state index in [1.54, 1.807) is 13.8 Å². The lowest BCUT2D eigenvalue weighted by atomic mass is 10.2. The summed E-state index contributed by atoms with van der Waals surface area (Å²) < 4.78 is 5.28. The van der Waals surface area contributed by atoms with Crippen LogP contribution in [0.5, 0.6) is 0 Å². The predicted molar refractivity (Wildman–Crippen MR) is 62.8 cm³/mol. The average molecular weight is 233 g/mol. The summed E-state index contributed by atoms with van der Waals surface area (Å²) in [4.78, 5) is 15.7. The molecule has 1 amide bonds. The van der Waals surface area contributed by atoms with Gasteiger partial charge in [-0.05, 0) is 20.8 Å². The molecule has 17 heavy (non-hydrogen) atoms. The number of nitrogens with zero attached hydrogens (tertiary/aromatic N) is 2. The van der Waals surface area contributed by atoms with Gasteiger partial charge < -0.3 is 9.73 Å². The second-order valence-corrected chi connectivity index (χ2v) is 3.98. The summed E-state index contributed by atoms with van der Waals surface area (Å²) in [5, 5.41) is 11.6. The molecule has 0 aliphatic heterocycles. The number of carbonyl (C=O) groups is 1. The zero-order valence-corrected chi connectivity index (χ0v) is 10.4. The third kappa shape index (κ3) is 3.45. The van der Waals surface area contributed by atoms with Crippen LogP contribution in [0.2, 0.25) is 0 Å². The second kappa shape index (κ2) is 5.30. The quantitative estimate of drug-likeness (QED) is 0.636. The lowest BCUT2D eigenvalue weighted by molar-refractivity contribution is -0.117. The standard InChI is InChI=1S/C12H15N3O2/c1-7(2)14-12(16)10(6-13)5-11-8(3)15-9(4)17-11/h5,7H,1-4H3,(H,14,16)/b10-5+. The van der Waals surface area contributed by atoms with Crippen molar-refractivity contribution in [3.63, 3.8) is 0 Å². The SMILES string of the molecule is Cc1nc(C)c(/C=C(\C#N)C(=O)NC(C)C)o1. The average Bonchev–Trinajstić information content (AvgIpc) is 2.52. The van der Waals surface area contributed by atoms with Crippen LogP contribution in [0.15, 0.2) is 9.99 Å². The molecule has 1 heterocycles. The molecule has 90 valence electrons. The molecular weight excluding hydrogens is 218 g/mol. The largest absolute Gasteiger partial charge is 0.441 e. The van der Waals surface area contributed by atoms with E-state index < -0.39 is 5.91 Å². The molecule has 0 aliphatic carbocycles. The van der Waals surface area contributed by atoms with Gasteiger partial charge in [0.05, 0.1) is 5.69 Å². The summed E-state index contributed by atoms with van der Waals surface area (Å²) in [5.41, 5.74) is 0.672. The Hall–Kier alpha value is -2.09. The van der Waals surface area contributed by atoms with Crippen molar-refractivity contribution in [2.75, 3.05) is 0 Å². The number of aryl methyl sites for hydroxylation is 2. The number of rotatable bonds is 3. The molecule has 1 rings (SSSR count). The van der Waals surface area contributed by atoms with Crippen molar-refractivity contribution >= 4 is 12.0 Å². The van der Waals surface area contributed by atoms with Crippen LogP contribution >= 0.6 is 0 Å². The van der Waals surface area contributed by atoms with Crippen molar-refractivity contribution < 1.29 is 9.21 Å². The first-order chi connectivity index (χ1) is 7.93. The zero-order chi connectivity index (χ0) is 13.0. The van der Waals surface area contributed by atoms with Crippen LogP contribution in [0.25, 0.3) is 6.08 Å². The number of hydrogen-bond acceptors (Lipinski definition) is 4. The Bertz CT molecular complexity index is 492. The highest BCUT2D eigenvalue weighted by Gasteiger charge is 2.12. The maximum atomic E-state index is 11.6. The normalized spacial score (nSPS) is 11.4. The van der Waals surface area contributed by atoms with Gasteiger partial charge in [-0.25, -0.2) is 4.98 Å². The van der Waals surface area contributed by atoms with Crippen molar-refractivity contribution in [2.45, 2.75) is 33.7 Å². The topological polar surface area (TPSA) is 78.9 Å². The minimum Gasteiger partial charge on any atom is -0.441 e. The second-order valence-electron chi connectivity index (χ2n) is 3.98. The minimum atomic E-state index is -0.407. The van der Waals surface area contributed by atoms with Gasteiger partial charge in [0.2, 0.25) is 0 Å². The van der Waals surface area contributed by atoms with E-state index in [0.29, 0.717) is 17.3 Å².